The van der Waals surface area contributed by atoms with Gasteiger partial charge in [-0.2, -0.15) is 4.31 Å². The van der Waals surface area contributed by atoms with Gasteiger partial charge in [0.1, 0.15) is 0 Å². The Balaban J connectivity index is 1.49. The fourth-order valence-corrected chi connectivity index (χ4v) is 5.41. The van der Waals surface area contributed by atoms with E-state index in [1.807, 2.05) is 49.1 Å². The lowest BCUT2D eigenvalue weighted by Gasteiger charge is -2.33. The molecule has 162 valence electrons. The van der Waals surface area contributed by atoms with Crippen molar-refractivity contribution < 1.29 is 13.2 Å². The van der Waals surface area contributed by atoms with Crippen molar-refractivity contribution in [1.82, 2.24) is 14.5 Å². The number of aryl methyl sites for hydroxylation is 2. The molecule has 1 atom stereocenters. The number of nitrogens with one attached hydrogen (secondary N) is 1. The summed E-state index contributed by atoms with van der Waals surface area (Å²) in [6, 6.07) is 15.6. The second kappa shape index (κ2) is 9.73. The molecule has 0 saturated carbocycles. The number of carbonyl (C=O) groups excluding carboxylic acids is 1. The maximum Gasteiger partial charge on any atom is 0.243 e. The largest absolute Gasteiger partial charge is 0.354 e. The van der Waals surface area contributed by atoms with E-state index in [9.17, 15) is 13.2 Å². The molecule has 1 heterocycles. The number of amides is 1. The van der Waals surface area contributed by atoms with Crippen molar-refractivity contribution in [3.8, 4) is 0 Å². The maximum absolute atomic E-state index is 13.0. The van der Waals surface area contributed by atoms with Gasteiger partial charge in [-0.15, -0.1) is 0 Å². The molecule has 2 aromatic carbocycles. The highest BCUT2D eigenvalue weighted by molar-refractivity contribution is 7.89. The van der Waals surface area contributed by atoms with E-state index in [4.69, 9.17) is 0 Å². The van der Waals surface area contributed by atoms with Crippen LogP contribution >= 0.6 is 0 Å². The Morgan fingerprint density at radius 1 is 1.03 bits per heavy atom. The van der Waals surface area contributed by atoms with E-state index in [2.05, 4.69) is 24.4 Å². The molecule has 1 N–H and O–H groups in total. The molecule has 30 heavy (non-hydrogen) atoms. The van der Waals surface area contributed by atoms with Gasteiger partial charge in [-0.3, -0.25) is 9.69 Å². The Hall–Kier alpha value is -2.22. The Kier molecular flexibility index (Phi) is 7.28. The third kappa shape index (κ3) is 5.47. The van der Waals surface area contributed by atoms with Gasteiger partial charge in [0.15, 0.2) is 0 Å². The minimum absolute atomic E-state index is 0.0244. The van der Waals surface area contributed by atoms with Gasteiger partial charge in [-0.05, 0) is 42.5 Å². The lowest BCUT2D eigenvalue weighted by molar-refractivity contribution is -0.122. The maximum atomic E-state index is 13.0. The second-order valence-corrected chi connectivity index (χ2v) is 9.97. The van der Waals surface area contributed by atoms with Crippen LogP contribution in [0.2, 0.25) is 0 Å². The van der Waals surface area contributed by atoms with Gasteiger partial charge >= 0.3 is 0 Å². The first-order valence-corrected chi connectivity index (χ1v) is 11.8. The van der Waals surface area contributed by atoms with Crippen molar-refractivity contribution in [2.24, 2.45) is 0 Å². The zero-order valence-electron chi connectivity index (χ0n) is 18.0. The van der Waals surface area contributed by atoms with E-state index in [0.29, 0.717) is 44.2 Å². The zero-order valence-corrected chi connectivity index (χ0v) is 18.8. The first-order valence-electron chi connectivity index (χ1n) is 10.4. The summed E-state index contributed by atoms with van der Waals surface area (Å²) in [6.07, 6.45) is 0. The lowest BCUT2D eigenvalue weighted by atomic mass is 10.0. The van der Waals surface area contributed by atoms with Crippen LogP contribution in [-0.4, -0.2) is 62.8 Å². The molecule has 1 aliphatic rings. The molecule has 0 spiro atoms. The van der Waals surface area contributed by atoms with Gasteiger partial charge in [0.2, 0.25) is 15.9 Å². The summed E-state index contributed by atoms with van der Waals surface area (Å²) in [4.78, 5) is 14.7. The number of sulfonamides is 1. The van der Waals surface area contributed by atoms with Crippen LogP contribution in [0.25, 0.3) is 0 Å². The van der Waals surface area contributed by atoms with Crippen molar-refractivity contribution in [2.45, 2.75) is 31.6 Å². The predicted molar refractivity (Wildman–Crippen MR) is 119 cm³/mol. The van der Waals surface area contributed by atoms with Gasteiger partial charge in [0.05, 0.1) is 11.4 Å². The first kappa shape index (κ1) is 22.5. The second-order valence-electron chi connectivity index (χ2n) is 8.06. The molecule has 0 radical (unpaired) electrons. The SMILES string of the molecule is Cc1ccc(C)c(S(=O)(=O)N2CCN(CC(=O)NC[C@@H](C)c3ccccc3)CC2)c1. The Bertz CT molecular complexity index is 968. The molecule has 6 nitrogen and oxygen atoms in total. The van der Waals surface area contributed by atoms with E-state index in [0.717, 1.165) is 11.1 Å². The lowest BCUT2D eigenvalue weighted by Crippen LogP contribution is -2.51. The van der Waals surface area contributed by atoms with Crippen LogP contribution in [0.5, 0.6) is 0 Å². The Morgan fingerprint density at radius 2 is 1.70 bits per heavy atom. The predicted octanol–water partition coefficient (Wildman–Crippen LogP) is 2.53. The number of hydrogen-bond donors (Lipinski definition) is 1. The van der Waals surface area contributed by atoms with E-state index >= 15 is 0 Å². The highest BCUT2D eigenvalue weighted by Gasteiger charge is 2.30. The third-order valence-electron chi connectivity index (χ3n) is 5.63. The van der Waals surface area contributed by atoms with Crippen LogP contribution in [0.4, 0.5) is 0 Å². The summed E-state index contributed by atoms with van der Waals surface area (Å²) in [6.45, 7) is 8.57. The van der Waals surface area contributed by atoms with E-state index in [1.165, 1.54) is 9.87 Å². The highest BCUT2D eigenvalue weighted by Crippen LogP contribution is 2.22. The molecule has 7 heteroatoms. The smallest absolute Gasteiger partial charge is 0.243 e. The molecule has 0 aromatic heterocycles. The molecule has 0 unspecified atom stereocenters. The molecule has 0 bridgehead atoms. The molecule has 1 saturated heterocycles. The fraction of sp³-hybridized carbons (Fsp3) is 0.435. The van der Waals surface area contributed by atoms with Gasteiger partial charge in [0, 0.05) is 32.7 Å². The van der Waals surface area contributed by atoms with Crippen LogP contribution in [0.1, 0.15) is 29.5 Å². The quantitative estimate of drug-likeness (QED) is 0.734. The van der Waals surface area contributed by atoms with Crippen LogP contribution in [0, 0.1) is 13.8 Å². The number of hydrogen-bond acceptors (Lipinski definition) is 4. The number of nitrogens with zero attached hydrogens (tertiary/aromatic N) is 2. The number of carbonyl (C=O) groups is 1. The third-order valence-corrected chi connectivity index (χ3v) is 7.67. The van der Waals surface area contributed by atoms with Crippen LogP contribution in [0.15, 0.2) is 53.4 Å². The molecule has 0 aliphatic carbocycles. The number of rotatable bonds is 7. The van der Waals surface area contributed by atoms with Crippen LogP contribution in [0.3, 0.4) is 0 Å². The first-order chi connectivity index (χ1) is 14.3. The molecule has 1 amide bonds. The Morgan fingerprint density at radius 3 is 2.37 bits per heavy atom. The van der Waals surface area contributed by atoms with Gasteiger partial charge in [-0.25, -0.2) is 8.42 Å². The van der Waals surface area contributed by atoms with Crippen LogP contribution < -0.4 is 5.32 Å². The average molecular weight is 430 g/mol. The van der Waals surface area contributed by atoms with Crippen molar-refractivity contribution in [3.63, 3.8) is 0 Å². The summed E-state index contributed by atoms with van der Waals surface area (Å²) in [7, 11) is -3.51. The molecule has 1 aliphatic heterocycles. The van der Waals surface area contributed by atoms with Crippen molar-refractivity contribution >= 4 is 15.9 Å². The Labute approximate surface area is 179 Å². The normalized spacial score (nSPS) is 16.9. The van der Waals surface area contributed by atoms with Gasteiger partial charge < -0.3 is 5.32 Å². The number of benzene rings is 2. The molecular weight excluding hydrogens is 398 g/mol. The summed E-state index contributed by atoms with van der Waals surface area (Å²) < 4.78 is 27.6. The average Bonchev–Trinajstić information content (AvgIpc) is 2.74. The summed E-state index contributed by atoms with van der Waals surface area (Å²) in [5.41, 5.74) is 2.89. The van der Waals surface area contributed by atoms with E-state index in [-0.39, 0.29) is 11.8 Å². The van der Waals surface area contributed by atoms with Crippen molar-refractivity contribution in [3.05, 3.63) is 65.2 Å². The van der Waals surface area contributed by atoms with Gasteiger partial charge in [-0.1, -0.05) is 49.4 Å². The summed E-state index contributed by atoms with van der Waals surface area (Å²) in [5, 5.41) is 3.00. The van der Waals surface area contributed by atoms with Gasteiger partial charge in [0.25, 0.3) is 0 Å². The van der Waals surface area contributed by atoms with E-state index in [1.54, 1.807) is 6.07 Å². The molecular formula is C23H31N3O3S. The molecule has 3 rings (SSSR count). The van der Waals surface area contributed by atoms with Crippen molar-refractivity contribution in [2.75, 3.05) is 39.3 Å². The minimum Gasteiger partial charge on any atom is -0.354 e. The fourth-order valence-electron chi connectivity index (χ4n) is 3.68. The zero-order chi connectivity index (χ0) is 21.7. The monoisotopic (exact) mass is 429 g/mol. The minimum atomic E-state index is -3.51. The molecule has 2 aromatic rings. The molecule has 1 fully saturated rings. The van der Waals surface area contributed by atoms with Crippen LogP contribution in [-0.2, 0) is 14.8 Å². The topological polar surface area (TPSA) is 69.7 Å². The standard InChI is InChI=1S/C23H31N3O3S/c1-18-9-10-19(2)22(15-18)30(28,29)26-13-11-25(12-14-26)17-23(27)24-16-20(3)21-7-5-4-6-8-21/h4-10,15,20H,11-14,16-17H2,1-3H3,(H,24,27)/t20-/m1/s1. The van der Waals surface area contributed by atoms with Crippen molar-refractivity contribution in [1.29, 1.82) is 0 Å². The summed E-state index contributed by atoms with van der Waals surface area (Å²) in [5.74, 6) is 0.221. The van der Waals surface area contributed by atoms with E-state index < -0.39 is 10.0 Å². The highest BCUT2D eigenvalue weighted by atomic mass is 32.2. The summed E-state index contributed by atoms with van der Waals surface area (Å²) >= 11 is 0. The number of piperazine rings is 1.